The van der Waals surface area contributed by atoms with Gasteiger partial charge in [0.25, 0.3) is 11.8 Å². The summed E-state index contributed by atoms with van der Waals surface area (Å²) >= 11 is 0. The van der Waals surface area contributed by atoms with E-state index in [2.05, 4.69) is 17.3 Å². The smallest absolute Gasteiger partial charge is 0.255 e. The fraction of sp³-hybridized carbons (Fsp3) is 0.414. The van der Waals surface area contributed by atoms with Crippen LogP contribution < -0.4 is 10.1 Å². The van der Waals surface area contributed by atoms with E-state index in [-0.39, 0.29) is 17.9 Å². The molecule has 4 aromatic rings. The molecule has 1 unspecified atom stereocenters. The van der Waals surface area contributed by atoms with Crippen molar-refractivity contribution in [1.29, 1.82) is 0 Å². The first-order valence-corrected chi connectivity index (χ1v) is 13.1. The van der Waals surface area contributed by atoms with Crippen molar-refractivity contribution in [3.63, 3.8) is 0 Å². The molecule has 1 atom stereocenters. The Hall–Kier alpha value is -3.81. The summed E-state index contributed by atoms with van der Waals surface area (Å²) in [7, 11) is 0. The Balaban J connectivity index is 1.34. The number of carbonyl (C=O) groups excluding carboxylic acids is 2. The molecule has 192 valence electrons. The van der Waals surface area contributed by atoms with Crippen LogP contribution in [0.15, 0.2) is 35.0 Å². The molecule has 2 fully saturated rings. The van der Waals surface area contributed by atoms with Crippen molar-refractivity contribution in [2.45, 2.75) is 59.4 Å². The van der Waals surface area contributed by atoms with Crippen molar-refractivity contribution in [2.24, 2.45) is 5.92 Å². The second-order valence-electron chi connectivity index (χ2n) is 10.6. The van der Waals surface area contributed by atoms with Crippen LogP contribution in [0.2, 0.25) is 0 Å². The summed E-state index contributed by atoms with van der Waals surface area (Å²) in [5, 5.41) is 8.33. The summed E-state index contributed by atoms with van der Waals surface area (Å²) in [5.74, 6) is 2.30. The number of ether oxygens (including phenoxy) is 1. The van der Waals surface area contributed by atoms with Gasteiger partial charge < -0.3 is 19.4 Å². The van der Waals surface area contributed by atoms with E-state index in [1.807, 2.05) is 43.9 Å². The van der Waals surface area contributed by atoms with Gasteiger partial charge in [-0.2, -0.15) is 5.10 Å². The van der Waals surface area contributed by atoms with Gasteiger partial charge in [0.15, 0.2) is 5.75 Å². The lowest BCUT2D eigenvalue weighted by molar-refractivity contribution is 0.0787. The third-order valence-corrected chi connectivity index (χ3v) is 7.95. The summed E-state index contributed by atoms with van der Waals surface area (Å²) in [5.41, 5.74) is 4.29. The minimum absolute atomic E-state index is 0.0367. The van der Waals surface area contributed by atoms with Crippen molar-refractivity contribution < 1.29 is 18.7 Å². The number of rotatable bonds is 5. The molecule has 6 rings (SSSR count). The lowest BCUT2D eigenvalue weighted by Crippen LogP contribution is -2.39. The van der Waals surface area contributed by atoms with Crippen LogP contribution in [-0.2, 0) is 0 Å². The maximum atomic E-state index is 13.2. The quantitative estimate of drug-likeness (QED) is 0.387. The third kappa shape index (κ3) is 3.95. The first-order chi connectivity index (χ1) is 17.8. The number of nitrogens with one attached hydrogen (secondary N) is 1. The maximum Gasteiger partial charge on any atom is 0.255 e. The van der Waals surface area contributed by atoms with E-state index in [9.17, 15) is 9.59 Å². The number of hydrogen-bond acceptors (Lipinski definition) is 5. The topological polar surface area (TPSA) is 89.1 Å². The van der Waals surface area contributed by atoms with Crippen LogP contribution in [-0.4, -0.2) is 45.5 Å². The van der Waals surface area contributed by atoms with E-state index < -0.39 is 0 Å². The molecule has 1 aliphatic carbocycles. The van der Waals surface area contributed by atoms with Gasteiger partial charge >= 0.3 is 0 Å². The van der Waals surface area contributed by atoms with Gasteiger partial charge in [-0.15, -0.1) is 0 Å². The zero-order valence-corrected chi connectivity index (χ0v) is 21.8. The van der Waals surface area contributed by atoms with Crippen molar-refractivity contribution in [2.75, 3.05) is 13.1 Å². The molecule has 8 heteroatoms. The van der Waals surface area contributed by atoms with Gasteiger partial charge in [-0.1, -0.05) is 6.92 Å². The van der Waals surface area contributed by atoms with Crippen molar-refractivity contribution in [3.8, 4) is 11.5 Å². The zero-order chi connectivity index (χ0) is 25.8. The minimum atomic E-state index is -0.0849. The summed E-state index contributed by atoms with van der Waals surface area (Å²) in [4.78, 5) is 28.1. The summed E-state index contributed by atoms with van der Waals surface area (Å²) in [6.07, 6.45) is 7.71. The number of nitrogens with zero attached hydrogens (tertiary/aromatic N) is 3. The Kier molecular flexibility index (Phi) is 5.70. The van der Waals surface area contributed by atoms with E-state index in [0.29, 0.717) is 39.9 Å². The van der Waals surface area contributed by atoms with Gasteiger partial charge in [0.05, 0.1) is 17.3 Å². The van der Waals surface area contributed by atoms with E-state index in [4.69, 9.17) is 9.15 Å². The SMILES string of the molecule is Cc1oc2c(C)c(Oc3ccnn4cc(C(=O)N5CCC(C)C5)c(C)c34)ccc2c1C(=O)NC1CCC1. The van der Waals surface area contributed by atoms with E-state index in [1.165, 1.54) is 0 Å². The van der Waals surface area contributed by atoms with Crippen molar-refractivity contribution in [1.82, 2.24) is 19.8 Å². The molecule has 0 spiro atoms. The molecule has 1 saturated carbocycles. The van der Waals surface area contributed by atoms with Crippen LogP contribution in [0.4, 0.5) is 0 Å². The molecule has 4 heterocycles. The lowest BCUT2D eigenvalue weighted by Gasteiger charge is -2.26. The predicted octanol–water partition coefficient (Wildman–Crippen LogP) is 5.56. The molecule has 0 bridgehead atoms. The molecular formula is C29H32N4O4. The Morgan fingerprint density at radius 2 is 1.89 bits per heavy atom. The number of benzene rings is 1. The van der Waals surface area contributed by atoms with Crippen LogP contribution in [0.5, 0.6) is 11.5 Å². The predicted molar refractivity (Wildman–Crippen MR) is 140 cm³/mol. The van der Waals surface area contributed by atoms with Crippen LogP contribution in [0.1, 0.15) is 70.2 Å². The Morgan fingerprint density at radius 1 is 1.08 bits per heavy atom. The van der Waals surface area contributed by atoms with Gasteiger partial charge in [-0.05, 0) is 70.1 Å². The minimum Gasteiger partial charge on any atom is -0.460 e. The molecule has 1 N–H and O–H groups in total. The normalized spacial score (nSPS) is 17.9. The van der Waals surface area contributed by atoms with E-state index in [0.717, 1.165) is 60.8 Å². The number of aryl methyl sites for hydroxylation is 3. The highest BCUT2D eigenvalue weighted by Crippen LogP contribution is 2.37. The zero-order valence-electron chi connectivity index (χ0n) is 21.8. The summed E-state index contributed by atoms with van der Waals surface area (Å²) in [6.45, 7) is 9.43. The van der Waals surface area contributed by atoms with Crippen LogP contribution in [0, 0.1) is 26.7 Å². The van der Waals surface area contributed by atoms with Gasteiger partial charge in [0.1, 0.15) is 22.6 Å². The molecule has 1 aromatic carbocycles. The highest BCUT2D eigenvalue weighted by Gasteiger charge is 2.28. The number of carbonyl (C=O) groups is 2. The third-order valence-electron chi connectivity index (χ3n) is 7.95. The fourth-order valence-corrected chi connectivity index (χ4v) is 5.53. The number of hydrogen-bond donors (Lipinski definition) is 1. The molecule has 1 saturated heterocycles. The second kappa shape index (κ2) is 8.94. The Morgan fingerprint density at radius 3 is 2.59 bits per heavy atom. The average molecular weight is 501 g/mol. The highest BCUT2D eigenvalue weighted by atomic mass is 16.5. The number of furan rings is 1. The summed E-state index contributed by atoms with van der Waals surface area (Å²) < 4.78 is 14.2. The summed E-state index contributed by atoms with van der Waals surface area (Å²) in [6, 6.07) is 5.82. The molecule has 37 heavy (non-hydrogen) atoms. The average Bonchev–Trinajstić information content (AvgIpc) is 3.53. The van der Waals surface area contributed by atoms with E-state index in [1.54, 1.807) is 16.9 Å². The Labute approximate surface area is 215 Å². The first kappa shape index (κ1) is 23.6. The monoisotopic (exact) mass is 500 g/mol. The standard InChI is InChI=1S/C29H32N4O4/c1-16-11-13-32(14-16)29(35)22-15-33-26(17(22)2)24(10-12-30-33)37-23-9-8-21-25(19(4)36-27(21)18(23)3)28(34)31-20-6-5-7-20/h8-10,12,15-16,20H,5-7,11,13-14H2,1-4H3,(H,31,34). The van der Waals surface area contributed by atoms with Crippen molar-refractivity contribution in [3.05, 3.63) is 58.6 Å². The van der Waals surface area contributed by atoms with Gasteiger partial charge in [0.2, 0.25) is 0 Å². The number of fused-ring (bicyclic) bond motifs is 2. The highest BCUT2D eigenvalue weighted by molar-refractivity contribution is 6.08. The largest absolute Gasteiger partial charge is 0.460 e. The van der Waals surface area contributed by atoms with Gasteiger partial charge in [-0.25, -0.2) is 4.52 Å². The van der Waals surface area contributed by atoms with E-state index >= 15 is 0 Å². The molecule has 3 aromatic heterocycles. The molecule has 0 radical (unpaired) electrons. The second-order valence-corrected chi connectivity index (χ2v) is 10.6. The molecule has 2 aliphatic rings. The number of aromatic nitrogens is 2. The number of amides is 2. The van der Waals surface area contributed by atoms with Gasteiger partial charge in [-0.3, -0.25) is 9.59 Å². The lowest BCUT2D eigenvalue weighted by atomic mass is 9.93. The maximum absolute atomic E-state index is 13.2. The van der Waals surface area contributed by atoms with Crippen molar-refractivity contribution >= 4 is 28.3 Å². The Bertz CT molecular complexity index is 1540. The van der Waals surface area contributed by atoms with Gasteiger partial charge in [0, 0.05) is 42.3 Å². The van der Waals surface area contributed by atoms with Crippen LogP contribution >= 0.6 is 0 Å². The molecular weight excluding hydrogens is 468 g/mol. The molecule has 2 amide bonds. The first-order valence-electron chi connectivity index (χ1n) is 13.1. The fourth-order valence-electron chi connectivity index (χ4n) is 5.53. The molecule has 8 nitrogen and oxygen atoms in total. The van der Waals surface area contributed by atoms with Crippen LogP contribution in [0.3, 0.4) is 0 Å². The van der Waals surface area contributed by atoms with Crippen LogP contribution in [0.25, 0.3) is 16.5 Å². The number of likely N-dealkylation sites (tertiary alicyclic amines) is 1. The molecule has 1 aliphatic heterocycles.